The quantitative estimate of drug-likeness (QED) is 0.659. The van der Waals surface area contributed by atoms with E-state index in [1.165, 1.54) is 18.4 Å². The average Bonchev–Trinajstić information content (AvgIpc) is 3.43. The number of aromatic nitrogens is 5. The smallest absolute Gasteiger partial charge is 0.244 e. The number of amides is 1. The summed E-state index contributed by atoms with van der Waals surface area (Å²) >= 11 is 0. The van der Waals surface area contributed by atoms with Gasteiger partial charge in [0.1, 0.15) is 6.54 Å². The van der Waals surface area contributed by atoms with Crippen molar-refractivity contribution in [2.75, 3.05) is 7.05 Å². The van der Waals surface area contributed by atoms with Crippen LogP contribution in [-0.4, -0.2) is 42.4 Å². The monoisotopic (exact) mass is 380 g/mol. The maximum absolute atomic E-state index is 12.9. The molecule has 1 aliphatic rings. The summed E-state index contributed by atoms with van der Waals surface area (Å²) < 4.78 is 3.74. The highest BCUT2D eigenvalue weighted by molar-refractivity contribution is 5.85. The van der Waals surface area contributed by atoms with Crippen LogP contribution in [0.5, 0.6) is 0 Å². The summed E-state index contributed by atoms with van der Waals surface area (Å²) in [4.78, 5) is 19.2. The lowest BCUT2D eigenvalue weighted by Gasteiger charge is -2.18. The van der Waals surface area contributed by atoms with Gasteiger partial charge in [-0.05, 0) is 58.1 Å². The van der Waals surface area contributed by atoms with Crippen molar-refractivity contribution in [3.8, 4) is 0 Å². The molecule has 0 spiro atoms. The molecule has 7 heteroatoms. The van der Waals surface area contributed by atoms with E-state index in [9.17, 15) is 4.79 Å². The molecular formula is C21H28N6O. The minimum atomic E-state index is 0.0195. The summed E-state index contributed by atoms with van der Waals surface area (Å²) in [6, 6.07) is 2.10. The van der Waals surface area contributed by atoms with Gasteiger partial charge in [0.25, 0.3) is 0 Å². The van der Waals surface area contributed by atoms with Gasteiger partial charge >= 0.3 is 0 Å². The lowest BCUT2D eigenvalue weighted by Crippen LogP contribution is -2.30. The predicted molar refractivity (Wildman–Crippen MR) is 108 cm³/mol. The van der Waals surface area contributed by atoms with Crippen molar-refractivity contribution < 1.29 is 4.79 Å². The summed E-state index contributed by atoms with van der Waals surface area (Å²) in [6.45, 7) is 9.72. The topological polar surface area (TPSA) is 68.8 Å². The molecule has 3 aromatic heterocycles. The third-order valence-electron chi connectivity index (χ3n) is 5.79. The maximum atomic E-state index is 12.9. The fraction of sp³-hybridized carbons (Fsp3) is 0.524. The van der Waals surface area contributed by atoms with Crippen LogP contribution in [0, 0.1) is 20.8 Å². The van der Waals surface area contributed by atoms with Crippen molar-refractivity contribution in [3.05, 3.63) is 40.5 Å². The van der Waals surface area contributed by atoms with Gasteiger partial charge in [-0.1, -0.05) is 0 Å². The zero-order valence-corrected chi connectivity index (χ0v) is 17.4. The normalized spacial score (nSPS) is 14.0. The molecule has 0 N–H and O–H groups in total. The van der Waals surface area contributed by atoms with Gasteiger partial charge in [-0.25, -0.2) is 9.67 Å². The Morgan fingerprint density at radius 3 is 2.54 bits per heavy atom. The van der Waals surface area contributed by atoms with E-state index < -0.39 is 0 Å². The number of fused-ring (bicyclic) bond motifs is 1. The van der Waals surface area contributed by atoms with Gasteiger partial charge in [0, 0.05) is 43.0 Å². The molecule has 1 saturated carbocycles. The van der Waals surface area contributed by atoms with Crippen LogP contribution in [0.15, 0.2) is 12.3 Å². The van der Waals surface area contributed by atoms with Gasteiger partial charge in [-0.2, -0.15) is 10.2 Å². The number of carbonyl (C=O) groups is 1. The van der Waals surface area contributed by atoms with Crippen LogP contribution in [-0.2, 0) is 24.4 Å². The molecule has 0 aliphatic heterocycles. The molecule has 4 rings (SSSR count). The molecule has 0 bridgehead atoms. The van der Waals surface area contributed by atoms with E-state index in [0.717, 1.165) is 40.2 Å². The Kier molecular flexibility index (Phi) is 4.69. The number of aryl methyl sites for hydroxylation is 3. The minimum Gasteiger partial charge on any atom is -0.340 e. The van der Waals surface area contributed by atoms with E-state index in [0.29, 0.717) is 12.5 Å². The second kappa shape index (κ2) is 7.04. The van der Waals surface area contributed by atoms with Gasteiger partial charge in [0.2, 0.25) is 5.91 Å². The Morgan fingerprint density at radius 1 is 1.18 bits per heavy atom. The molecule has 0 radical (unpaired) electrons. The lowest BCUT2D eigenvalue weighted by atomic mass is 10.1. The van der Waals surface area contributed by atoms with Crippen LogP contribution in [0.25, 0.3) is 11.0 Å². The van der Waals surface area contributed by atoms with Crippen LogP contribution < -0.4 is 0 Å². The van der Waals surface area contributed by atoms with Gasteiger partial charge in [-0.3, -0.25) is 9.48 Å². The van der Waals surface area contributed by atoms with E-state index in [4.69, 9.17) is 0 Å². The molecule has 28 heavy (non-hydrogen) atoms. The number of hydrogen-bond acceptors (Lipinski definition) is 4. The van der Waals surface area contributed by atoms with Crippen LogP contribution in [0.1, 0.15) is 53.9 Å². The van der Waals surface area contributed by atoms with Crippen molar-refractivity contribution in [3.63, 3.8) is 0 Å². The van der Waals surface area contributed by atoms with Gasteiger partial charge in [-0.15, -0.1) is 0 Å². The van der Waals surface area contributed by atoms with E-state index in [1.54, 1.807) is 9.58 Å². The molecule has 148 valence electrons. The largest absolute Gasteiger partial charge is 0.340 e. The number of likely N-dealkylation sites (N-methyl/N-ethyl adjacent to an activating group) is 1. The van der Waals surface area contributed by atoms with Crippen molar-refractivity contribution >= 4 is 16.9 Å². The summed E-state index contributed by atoms with van der Waals surface area (Å²) in [5, 5.41) is 10.3. The first-order valence-electron chi connectivity index (χ1n) is 9.99. The zero-order valence-electron chi connectivity index (χ0n) is 17.4. The van der Waals surface area contributed by atoms with E-state index in [1.807, 2.05) is 31.8 Å². The molecule has 1 amide bonds. The molecule has 0 aromatic carbocycles. The Morgan fingerprint density at radius 2 is 1.89 bits per heavy atom. The molecule has 0 saturated heterocycles. The summed E-state index contributed by atoms with van der Waals surface area (Å²) in [7, 11) is 1.84. The third kappa shape index (κ3) is 3.19. The minimum absolute atomic E-state index is 0.0195. The molecule has 3 aromatic rings. The van der Waals surface area contributed by atoms with Crippen LogP contribution in [0.2, 0.25) is 0 Å². The highest BCUT2D eigenvalue weighted by Crippen LogP contribution is 2.43. The van der Waals surface area contributed by atoms with Crippen molar-refractivity contribution in [1.29, 1.82) is 0 Å². The fourth-order valence-corrected chi connectivity index (χ4v) is 4.00. The van der Waals surface area contributed by atoms with Gasteiger partial charge in [0.15, 0.2) is 5.65 Å². The SMILES string of the molecule is CCn1nc(C)c(CN(C)C(=O)Cn2nc(C)c3c(C4CC4)ccnc32)c1C. The van der Waals surface area contributed by atoms with Crippen molar-refractivity contribution in [2.45, 2.75) is 66.1 Å². The molecule has 0 unspecified atom stereocenters. The highest BCUT2D eigenvalue weighted by atomic mass is 16.2. The summed E-state index contributed by atoms with van der Waals surface area (Å²) in [6.07, 6.45) is 4.30. The summed E-state index contributed by atoms with van der Waals surface area (Å²) in [5.74, 6) is 0.646. The molecule has 0 atom stereocenters. The Bertz CT molecular complexity index is 1040. The molecule has 1 fully saturated rings. The van der Waals surface area contributed by atoms with Crippen LogP contribution in [0.4, 0.5) is 0 Å². The van der Waals surface area contributed by atoms with Crippen molar-refractivity contribution in [2.24, 2.45) is 0 Å². The van der Waals surface area contributed by atoms with Gasteiger partial charge in [0.05, 0.1) is 11.4 Å². The van der Waals surface area contributed by atoms with E-state index >= 15 is 0 Å². The Balaban J connectivity index is 1.55. The second-order valence-corrected chi connectivity index (χ2v) is 7.83. The first-order valence-corrected chi connectivity index (χ1v) is 9.99. The number of rotatable bonds is 6. The standard InChI is InChI=1S/C21H28N6O/c1-6-26-15(4)18(13(2)23-26)11-25(5)19(28)12-27-21-20(14(3)24-27)17(9-10-22-21)16-7-8-16/h9-10,16H,6-8,11-12H2,1-5H3. The first kappa shape index (κ1) is 18.7. The number of nitrogens with zero attached hydrogens (tertiary/aromatic N) is 6. The van der Waals surface area contributed by atoms with Gasteiger partial charge < -0.3 is 4.90 Å². The number of pyridine rings is 1. The molecule has 1 aliphatic carbocycles. The number of hydrogen-bond donors (Lipinski definition) is 0. The van der Waals surface area contributed by atoms with Crippen LogP contribution in [0.3, 0.4) is 0 Å². The summed E-state index contributed by atoms with van der Waals surface area (Å²) in [5.41, 5.74) is 6.32. The first-order chi connectivity index (χ1) is 13.4. The van der Waals surface area contributed by atoms with Crippen molar-refractivity contribution in [1.82, 2.24) is 29.4 Å². The Hall–Kier alpha value is -2.70. The van der Waals surface area contributed by atoms with E-state index in [-0.39, 0.29) is 12.5 Å². The molecular weight excluding hydrogens is 352 g/mol. The second-order valence-electron chi connectivity index (χ2n) is 7.83. The predicted octanol–water partition coefficient (Wildman–Crippen LogP) is 3.11. The zero-order chi connectivity index (χ0) is 20.0. The fourth-order valence-electron chi connectivity index (χ4n) is 4.00. The van der Waals surface area contributed by atoms with E-state index in [2.05, 4.69) is 35.1 Å². The third-order valence-corrected chi connectivity index (χ3v) is 5.79. The Labute approximate surface area is 165 Å². The lowest BCUT2D eigenvalue weighted by molar-refractivity contribution is -0.131. The maximum Gasteiger partial charge on any atom is 0.244 e. The van der Waals surface area contributed by atoms with Crippen LogP contribution >= 0.6 is 0 Å². The molecule has 3 heterocycles. The highest BCUT2D eigenvalue weighted by Gasteiger charge is 2.28. The number of carbonyl (C=O) groups excluding carboxylic acids is 1. The average molecular weight is 380 g/mol. The molecule has 7 nitrogen and oxygen atoms in total.